The van der Waals surface area contributed by atoms with Crippen LogP contribution in [0.1, 0.15) is 32.3 Å². The van der Waals surface area contributed by atoms with Gasteiger partial charge in [0.05, 0.1) is 0 Å². The second-order valence-electron chi connectivity index (χ2n) is 5.98. The largest absolute Gasteiger partial charge is 0.473 e. The van der Waals surface area contributed by atoms with E-state index in [0.717, 1.165) is 12.6 Å². The van der Waals surface area contributed by atoms with Gasteiger partial charge in [0.15, 0.2) is 0 Å². The van der Waals surface area contributed by atoms with E-state index in [4.69, 9.17) is 19.8 Å². The van der Waals surface area contributed by atoms with Gasteiger partial charge in [-0.15, -0.1) is 0 Å². The smallest absolute Gasteiger partial charge is 0.414 e. The van der Waals surface area contributed by atoms with Gasteiger partial charge >= 0.3 is 11.9 Å². The number of carbonyl (C=O) groups is 2. The summed E-state index contributed by atoms with van der Waals surface area (Å²) in [6.45, 7) is 10.5. The summed E-state index contributed by atoms with van der Waals surface area (Å²) in [6, 6.07) is 9.34. The Morgan fingerprint density at radius 2 is 1.56 bits per heavy atom. The van der Waals surface area contributed by atoms with Crippen LogP contribution in [0.3, 0.4) is 0 Å². The SMILES string of the molecule is CCC(CC)N1CCN(Cc2ccccc2Br)CC1.O=C(O)C(=O)O. The fraction of sp³-hybridized carbons (Fsp3) is 0.556. The monoisotopic (exact) mass is 414 g/mol. The number of piperazine rings is 1. The molecule has 140 valence electrons. The van der Waals surface area contributed by atoms with Crippen molar-refractivity contribution in [3.05, 3.63) is 34.3 Å². The molecule has 1 aliphatic rings. The Hall–Kier alpha value is -1.44. The minimum Gasteiger partial charge on any atom is -0.473 e. The molecule has 25 heavy (non-hydrogen) atoms. The molecule has 0 aliphatic carbocycles. The van der Waals surface area contributed by atoms with E-state index < -0.39 is 11.9 Å². The van der Waals surface area contributed by atoms with Crippen molar-refractivity contribution >= 4 is 27.9 Å². The predicted octanol–water partition coefficient (Wildman–Crippen LogP) is 2.91. The molecule has 0 unspecified atom stereocenters. The molecular weight excluding hydrogens is 388 g/mol. The van der Waals surface area contributed by atoms with Crippen LogP contribution in [-0.2, 0) is 16.1 Å². The van der Waals surface area contributed by atoms with Gasteiger partial charge in [-0.3, -0.25) is 9.80 Å². The van der Waals surface area contributed by atoms with Gasteiger partial charge in [0.1, 0.15) is 0 Å². The molecule has 1 saturated heterocycles. The Bertz CT molecular complexity index is 544. The standard InChI is InChI=1S/C16H25BrN2.C2H2O4/c1-3-15(4-2)19-11-9-18(10-12-19)13-14-7-5-6-8-16(14)17;3-1(4)2(5)6/h5-8,15H,3-4,9-13H2,1-2H3;(H,3,4)(H,5,6). The van der Waals surface area contributed by atoms with Gasteiger partial charge in [0.25, 0.3) is 0 Å². The lowest BCUT2D eigenvalue weighted by molar-refractivity contribution is -0.159. The van der Waals surface area contributed by atoms with Crippen LogP contribution in [0.4, 0.5) is 0 Å². The van der Waals surface area contributed by atoms with Crippen molar-refractivity contribution in [2.75, 3.05) is 26.2 Å². The highest BCUT2D eigenvalue weighted by molar-refractivity contribution is 9.10. The molecule has 7 heteroatoms. The first-order valence-electron chi connectivity index (χ1n) is 8.55. The molecule has 0 aromatic heterocycles. The van der Waals surface area contributed by atoms with Crippen molar-refractivity contribution in [2.24, 2.45) is 0 Å². The first-order chi connectivity index (χ1) is 11.9. The number of aliphatic carboxylic acids is 2. The zero-order valence-electron chi connectivity index (χ0n) is 14.8. The van der Waals surface area contributed by atoms with E-state index in [-0.39, 0.29) is 0 Å². The van der Waals surface area contributed by atoms with Crippen LogP contribution >= 0.6 is 15.9 Å². The summed E-state index contributed by atoms with van der Waals surface area (Å²) >= 11 is 3.64. The summed E-state index contributed by atoms with van der Waals surface area (Å²) < 4.78 is 1.23. The van der Waals surface area contributed by atoms with Crippen molar-refractivity contribution in [3.63, 3.8) is 0 Å². The third-order valence-corrected chi connectivity index (χ3v) is 5.17. The third kappa shape index (κ3) is 7.54. The van der Waals surface area contributed by atoms with Crippen molar-refractivity contribution in [1.29, 1.82) is 0 Å². The number of carboxylic acids is 2. The summed E-state index contributed by atoms with van der Waals surface area (Å²) in [5.74, 6) is -3.65. The molecule has 0 saturated carbocycles. The normalized spacial score (nSPS) is 15.5. The summed E-state index contributed by atoms with van der Waals surface area (Å²) in [6.07, 6.45) is 2.56. The Labute approximate surface area is 157 Å². The fourth-order valence-electron chi connectivity index (χ4n) is 2.96. The maximum absolute atomic E-state index is 9.10. The van der Waals surface area contributed by atoms with Gasteiger partial charge in [0, 0.05) is 43.2 Å². The van der Waals surface area contributed by atoms with E-state index in [1.807, 2.05) is 0 Å². The number of hydrogen-bond donors (Lipinski definition) is 2. The number of rotatable bonds is 5. The lowest BCUT2D eigenvalue weighted by Gasteiger charge is -2.39. The van der Waals surface area contributed by atoms with E-state index in [1.54, 1.807) is 0 Å². The van der Waals surface area contributed by atoms with E-state index in [2.05, 4.69) is 63.8 Å². The third-order valence-electron chi connectivity index (χ3n) is 4.40. The molecular formula is C18H27BrN2O4. The molecule has 1 aromatic rings. The van der Waals surface area contributed by atoms with Gasteiger partial charge < -0.3 is 10.2 Å². The second kappa shape index (κ2) is 11.2. The minimum absolute atomic E-state index is 0.783. The van der Waals surface area contributed by atoms with Crippen LogP contribution < -0.4 is 0 Å². The van der Waals surface area contributed by atoms with Crippen LogP contribution in [0.5, 0.6) is 0 Å². The second-order valence-corrected chi connectivity index (χ2v) is 6.84. The van der Waals surface area contributed by atoms with E-state index in [1.165, 1.54) is 49.1 Å². The molecule has 1 aliphatic heterocycles. The molecule has 2 rings (SSSR count). The maximum Gasteiger partial charge on any atom is 0.414 e. The average molecular weight is 415 g/mol. The van der Waals surface area contributed by atoms with Crippen molar-refractivity contribution in [2.45, 2.75) is 39.3 Å². The number of halogens is 1. The Morgan fingerprint density at radius 1 is 1.04 bits per heavy atom. The summed E-state index contributed by atoms with van der Waals surface area (Å²) in [5.41, 5.74) is 1.40. The fourth-order valence-corrected chi connectivity index (χ4v) is 3.37. The van der Waals surface area contributed by atoms with Gasteiger partial charge in [-0.05, 0) is 24.5 Å². The molecule has 0 spiro atoms. The van der Waals surface area contributed by atoms with E-state index >= 15 is 0 Å². The van der Waals surface area contributed by atoms with Gasteiger partial charge in [-0.25, -0.2) is 9.59 Å². The molecule has 0 amide bonds. The Kier molecular flexibility index (Phi) is 9.70. The highest BCUT2D eigenvalue weighted by atomic mass is 79.9. The minimum atomic E-state index is -1.82. The van der Waals surface area contributed by atoms with Gasteiger partial charge in [-0.1, -0.05) is 48.0 Å². The van der Waals surface area contributed by atoms with Crippen LogP contribution in [0, 0.1) is 0 Å². The summed E-state index contributed by atoms with van der Waals surface area (Å²) in [7, 11) is 0. The summed E-state index contributed by atoms with van der Waals surface area (Å²) in [4.78, 5) is 23.4. The van der Waals surface area contributed by atoms with Crippen LogP contribution in [0.15, 0.2) is 28.7 Å². The van der Waals surface area contributed by atoms with Crippen LogP contribution in [0.25, 0.3) is 0 Å². The van der Waals surface area contributed by atoms with E-state index in [9.17, 15) is 0 Å². The quantitative estimate of drug-likeness (QED) is 0.720. The number of carboxylic acid groups (broad SMARTS) is 2. The lowest BCUT2D eigenvalue weighted by Crippen LogP contribution is -2.49. The van der Waals surface area contributed by atoms with E-state index in [0.29, 0.717) is 0 Å². The molecule has 0 atom stereocenters. The zero-order valence-corrected chi connectivity index (χ0v) is 16.4. The molecule has 1 fully saturated rings. The molecule has 0 radical (unpaired) electrons. The molecule has 1 aromatic carbocycles. The van der Waals surface area contributed by atoms with Crippen molar-refractivity contribution in [1.82, 2.24) is 9.80 Å². The molecule has 6 nitrogen and oxygen atoms in total. The first-order valence-corrected chi connectivity index (χ1v) is 9.34. The average Bonchev–Trinajstić information content (AvgIpc) is 2.60. The first kappa shape index (κ1) is 21.6. The predicted molar refractivity (Wildman–Crippen MR) is 101 cm³/mol. The van der Waals surface area contributed by atoms with Gasteiger partial charge in [-0.2, -0.15) is 0 Å². The summed E-state index contributed by atoms with van der Waals surface area (Å²) in [5, 5.41) is 14.8. The van der Waals surface area contributed by atoms with Crippen molar-refractivity contribution < 1.29 is 19.8 Å². The van der Waals surface area contributed by atoms with Gasteiger partial charge in [0.2, 0.25) is 0 Å². The Morgan fingerprint density at radius 3 is 2.00 bits per heavy atom. The molecule has 1 heterocycles. The highest BCUT2D eigenvalue weighted by Gasteiger charge is 2.21. The molecule has 2 N–H and O–H groups in total. The maximum atomic E-state index is 9.10. The topological polar surface area (TPSA) is 81.1 Å². The number of nitrogens with zero attached hydrogens (tertiary/aromatic N) is 2. The number of hydrogen-bond acceptors (Lipinski definition) is 4. The van der Waals surface area contributed by atoms with Crippen LogP contribution in [0.2, 0.25) is 0 Å². The van der Waals surface area contributed by atoms with Crippen LogP contribution in [-0.4, -0.2) is 64.2 Å². The zero-order chi connectivity index (χ0) is 18.8. The lowest BCUT2D eigenvalue weighted by atomic mass is 10.1. The molecule has 0 bridgehead atoms. The van der Waals surface area contributed by atoms with Crippen molar-refractivity contribution in [3.8, 4) is 0 Å². The highest BCUT2D eigenvalue weighted by Crippen LogP contribution is 2.19. The number of benzene rings is 1. The Balaban J connectivity index is 0.000000450.